The molecular weight excluding hydrogens is 456 g/mol. The van der Waals surface area contributed by atoms with E-state index in [0.717, 1.165) is 22.5 Å². The molecule has 1 aromatic heterocycles. The van der Waals surface area contributed by atoms with E-state index in [2.05, 4.69) is 31.4 Å². The van der Waals surface area contributed by atoms with Crippen molar-refractivity contribution in [3.8, 4) is 11.5 Å². The molecule has 1 heterocycles. The molecule has 3 rings (SSSR count). The maximum Gasteiger partial charge on any atom is 0.283 e. The molecule has 2 aromatic carbocycles. The fraction of sp³-hybridized carbons (Fsp3) is 0.150. The van der Waals surface area contributed by atoms with E-state index in [1.165, 1.54) is 6.21 Å². The molecule has 3 aromatic rings. The van der Waals surface area contributed by atoms with Crippen LogP contribution in [-0.2, 0) is 6.61 Å². The number of nitrogens with two attached hydrogens (primary N) is 1. The van der Waals surface area contributed by atoms with Crippen molar-refractivity contribution in [2.45, 2.75) is 13.5 Å². The SMILES string of the molecule is COc1cc(C=NNC(=O)c2sc(N)nc2C)cc(Br)c1OCc1ccccc1. The molecule has 0 radical (unpaired) electrons. The fourth-order valence-corrected chi connectivity index (χ4v) is 3.83. The molecule has 0 unspecified atom stereocenters. The lowest BCUT2D eigenvalue weighted by atomic mass is 10.2. The Kier molecular flexibility index (Phi) is 6.84. The van der Waals surface area contributed by atoms with Gasteiger partial charge in [-0.25, -0.2) is 10.4 Å². The van der Waals surface area contributed by atoms with E-state index in [0.29, 0.717) is 38.3 Å². The van der Waals surface area contributed by atoms with Crippen molar-refractivity contribution in [2.24, 2.45) is 5.10 Å². The molecule has 150 valence electrons. The molecule has 0 atom stereocenters. The first-order valence-electron chi connectivity index (χ1n) is 8.58. The Morgan fingerprint density at radius 2 is 2.10 bits per heavy atom. The number of aromatic nitrogens is 1. The van der Waals surface area contributed by atoms with Gasteiger partial charge >= 0.3 is 0 Å². The zero-order chi connectivity index (χ0) is 20.8. The minimum Gasteiger partial charge on any atom is -0.493 e. The van der Waals surface area contributed by atoms with Gasteiger partial charge in [0.2, 0.25) is 0 Å². The molecule has 0 aliphatic heterocycles. The lowest BCUT2D eigenvalue weighted by Gasteiger charge is -2.13. The number of rotatable bonds is 7. The minimum absolute atomic E-state index is 0.344. The summed E-state index contributed by atoms with van der Waals surface area (Å²) in [6.45, 7) is 2.14. The van der Waals surface area contributed by atoms with Crippen molar-refractivity contribution < 1.29 is 14.3 Å². The number of benzene rings is 2. The summed E-state index contributed by atoms with van der Waals surface area (Å²) in [4.78, 5) is 16.6. The molecule has 0 spiro atoms. The number of thiazole rings is 1. The quantitative estimate of drug-likeness (QED) is 0.395. The average Bonchev–Trinajstić information content (AvgIpc) is 3.05. The molecule has 0 fully saturated rings. The average molecular weight is 475 g/mol. The van der Waals surface area contributed by atoms with Gasteiger partial charge in [-0.1, -0.05) is 41.7 Å². The Balaban J connectivity index is 1.70. The molecule has 9 heteroatoms. The van der Waals surface area contributed by atoms with Crippen molar-refractivity contribution in [3.63, 3.8) is 0 Å². The van der Waals surface area contributed by atoms with Gasteiger partial charge in [0.25, 0.3) is 5.91 Å². The van der Waals surface area contributed by atoms with Crippen LogP contribution < -0.4 is 20.6 Å². The fourth-order valence-electron chi connectivity index (χ4n) is 2.53. The normalized spacial score (nSPS) is 10.9. The Bertz CT molecular complexity index is 1040. The van der Waals surface area contributed by atoms with Crippen molar-refractivity contribution >= 4 is 44.5 Å². The highest BCUT2D eigenvalue weighted by atomic mass is 79.9. The monoisotopic (exact) mass is 474 g/mol. The van der Waals surface area contributed by atoms with E-state index in [-0.39, 0.29) is 5.91 Å². The van der Waals surface area contributed by atoms with Gasteiger partial charge in [-0.05, 0) is 46.1 Å². The van der Waals surface area contributed by atoms with Gasteiger partial charge in [0.15, 0.2) is 16.6 Å². The van der Waals surface area contributed by atoms with Crippen LogP contribution in [0.2, 0.25) is 0 Å². The van der Waals surface area contributed by atoms with Crippen molar-refractivity contribution in [1.29, 1.82) is 0 Å². The van der Waals surface area contributed by atoms with Crippen molar-refractivity contribution in [3.05, 3.63) is 68.6 Å². The third kappa shape index (κ3) is 5.33. The van der Waals surface area contributed by atoms with E-state index < -0.39 is 0 Å². The summed E-state index contributed by atoms with van der Waals surface area (Å²) in [6, 6.07) is 13.5. The third-order valence-corrected chi connectivity index (χ3v) is 5.45. The van der Waals surface area contributed by atoms with Gasteiger partial charge < -0.3 is 15.2 Å². The Morgan fingerprint density at radius 3 is 2.76 bits per heavy atom. The molecule has 0 saturated heterocycles. The summed E-state index contributed by atoms with van der Waals surface area (Å²) in [6.07, 6.45) is 1.52. The number of methoxy groups -OCH3 is 1. The molecule has 7 nitrogen and oxygen atoms in total. The zero-order valence-corrected chi connectivity index (χ0v) is 18.2. The summed E-state index contributed by atoms with van der Waals surface area (Å²) >= 11 is 4.63. The van der Waals surface area contributed by atoms with Crippen LogP contribution in [0, 0.1) is 6.92 Å². The number of hydrogen-bond acceptors (Lipinski definition) is 7. The number of aryl methyl sites for hydroxylation is 1. The summed E-state index contributed by atoms with van der Waals surface area (Å²) in [5.41, 5.74) is 10.4. The first-order chi connectivity index (χ1) is 14.0. The number of carbonyl (C=O) groups is 1. The molecule has 0 aliphatic carbocycles. The number of hydrogen-bond donors (Lipinski definition) is 2. The second-order valence-corrected chi connectivity index (χ2v) is 7.86. The Morgan fingerprint density at radius 1 is 1.34 bits per heavy atom. The van der Waals surface area contributed by atoms with Crippen LogP contribution in [0.15, 0.2) is 52.0 Å². The van der Waals surface area contributed by atoms with Crippen LogP contribution in [0.25, 0.3) is 0 Å². The minimum atomic E-state index is -0.359. The predicted octanol–water partition coefficient (Wildman–Crippen LogP) is 4.15. The topological polar surface area (TPSA) is 98.8 Å². The standard InChI is InChI=1S/C20H19BrN4O3S/c1-12-18(29-20(22)24-12)19(26)25-23-10-14-8-15(21)17(16(9-14)27-2)28-11-13-6-4-3-5-7-13/h3-10H,11H2,1-2H3,(H2,22,24)(H,25,26). The highest BCUT2D eigenvalue weighted by Gasteiger charge is 2.14. The molecule has 0 saturated carbocycles. The number of hydrazone groups is 1. The maximum absolute atomic E-state index is 12.2. The smallest absolute Gasteiger partial charge is 0.283 e. The summed E-state index contributed by atoms with van der Waals surface area (Å²) < 4.78 is 12.1. The third-order valence-electron chi connectivity index (χ3n) is 3.88. The number of ether oxygens (including phenoxy) is 2. The van der Waals surface area contributed by atoms with Crippen molar-refractivity contribution in [2.75, 3.05) is 12.8 Å². The molecule has 1 amide bonds. The number of halogens is 1. The number of anilines is 1. The predicted molar refractivity (Wildman–Crippen MR) is 118 cm³/mol. The zero-order valence-electron chi connectivity index (χ0n) is 15.8. The molecule has 0 aliphatic rings. The molecule has 3 N–H and O–H groups in total. The number of nitrogens with one attached hydrogen (secondary N) is 1. The largest absolute Gasteiger partial charge is 0.493 e. The second kappa shape index (κ2) is 9.53. The summed E-state index contributed by atoms with van der Waals surface area (Å²) in [7, 11) is 1.57. The second-order valence-electron chi connectivity index (χ2n) is 5.97. The van der Waals surface area contributed by atoms with Crippen LogP contribution >= 0.6 is 27.3 Å². The van der Waals surface area contributed by atoms with Gasteiger partial charge in [0.05, 0.1) is 23.5 Å². The lowest BCUT2D eigenvalue weighted by Crippen LogP contribution is -2.17. The van der Waals surface area contributed by atoms with Gasteiger partial charge in [0, 0.05) is 0 Å². The summed E-state index contributed by atoms with van der Waals surface area (Å²) in [5.74, 6) is 0.782. The number of carbonyl (C=O) groups excluding carboxylic acids is 1. The highest BCUT2D eigenvalue weighted by molar-refractivity contribution is 9.10. The van der Waals surface area contributed by atoms with Crippen LogP contribution in [0.1, 0.15) is 26.5 Å². The van der Waals surface area contributed by atoms with E-state index in [9.17, 15) is 4.79 Å². The Labute approximate surface area is 180 Å². The van der Waals surface area contributed by atoms with E-state index in [4.69, 9.17) is 15.2 Å². The van der Waals surface area contributed by atoms with Gasteiger partial charge in [-0.15, -0.1) is 0 Å². The lowest BCUT2D eigenvalue weighted by molar-refractivity contribution is 0.0958. The van der Waals surface area contributed by atoms with Crippen LogP contribution in [0.4, 0.5) is 5.13 Å². The van der Waals surface area contributed by atoms with Crippen molar-refractivity contribution in [1.82, 2.24) is 10.4 Å². The molecule has 29 heavy (non-hydrogen) atoms. The van der Waals surface area contributed by atoms with Crippen LogP contribution in [-0.4, -0.2) is 24.2 Å². The van der Waals surface area contributed by atoms with Crippen LogP contribution in [0.5, 0.6) is 11.5 Å². The van der Waals surface area contributed by atoms with Gasteiger partial charge in [-0.3, -0.25) is 4.79 Å². The molecular formula is C20H19BrN4O3S. The van der Waals surface area contributed by atoms with E-state index in [1.807, 2.05) is 36.4 Å². The van der Waals surface area contributed by atoms with Gasteiger partial charge in [0.1, 0.15) is 11.5 Å². The first kappa shape index (κ1) is 20.8. The highest BCUT2D eigenvalue weighted by Crippen LogP contribution is 2.36. The number of nitrogens with zero attached hydrogens (tertiary/aromatic N) is 2. The first-order valence-corrected chi connectivity index (χ1v) is 10.2. The number of nitrogen functional groups attached to an aromatic ring is 1. The van der Waals surface area contributed by atoms with Crippen LogP contribution in [0.3, 0.4) is 0 Å². The van der Waals surface area contributed by atoms with Gasteiger partial charge in [-0.2, -0.15) is 5.10 Å². The van der Waals surface area contributed by atoms with E-state index in [1.54, 1.807) is 20.1 Å². The maximum atomic E-state index is 12.2. The summed E-state index contributed by atoms with van der Waals surface area (Å²) in [5, 5.41) is 4.35. The molecule has 0 bridgehead atoms. The number of amides is 1. The van der Waals surface area contributed by atoms with E-state index >= 15 is 0 Å². The Hall–Kier alpha value is -2.91.